The van der Waals surface area contributed by atoms with Gasteiger partial charge in [-0.2, -0.15) is 9.61 Å². The second-order valence-corrected chi connectivity index (χ2v) is 9.29. The fourth-order valence-corrected chi connectivity index (χ4v) is 4.99. The van der Waals surface area contributed by atoms with Gasteiger partial charge < -0.3 is 14.4 Å². The standard InChI is InChI=1S/C26H24ClFN4O2/c1-15-24(20-10-9-19(33-2)11-22(20)27)25-29-23-14-34-13-21(23)26(32(25)30-15)31(18-7-8-18)12-16-3-5-17(28)6-4-16/h3-6,9-11,18H,7-8,12-14H2,1-2H3. The number of aromatic nitrogens is 3. The molecule has 0 amide bonds. The second kappa shape index (κ2) is 8.25. The molecule has 1 aliphatic carbocycles. The molecule has 8 heteroatoms. The fraction of sp³-hybridized carbons (Fsp3) is 0.308. The molecule has 2 aromatic heterocycles. The monoisotopic (exact) mass is 478 g/mol. The zero-order valence-corrected chi connectivity index (χ0v) is 19.8. The lowest BCUT2D eigenvalue weighted by Gasteiger charge is -2.27. The van der Waals surface area contributed by atoms with Crippen molar-refractivity contribution in [3.63, 3.8) is 0 Å². The van der Waals surface area contributed by atoms with Crippen LogP contribution in [-0.2, 0) is 24.5 Å². The molecule has 1 saturated carbocycles. The summed E-state index contributed by atoms with van der Waals surface area (Å²) >= 11 is 6.66. The molecule has 1 fully saturated rings. The number of aryl methyl sites for hydroxylation is 1. The predicted octanol–water partition coefficient (Wildman–Crippen LogP) is 5.71. The lowest BCUT2D eigenvalue weighted by Crippen LogP contribution is -2.29. The van der Waals surface area contributed by atoms with Crippen molar-refractivity contribution in [2.24, 2.45) is 0 Å². The third-order valence-corrected chi connectivity index (χ3v) is 6.87. The molecule has 0 N–H and O–H groups in total. The number of fused-ring (bicyclic) bond motifs is 2. The highest BCUT2D eigenvalue weighted by atomic mass is 35.5. The van der Waals surface area contributed by atoms with E-state index >= 15 is 0 Å². The first-order chi connectivity index (χ1) is 16.5. The maximum absolute atomic E-state index is 13.5. The highest BCUT2D eigenvalue weighted by Gasteiger charge is 2.35. The van der Waals surface area contributed by atoms with Crippen LogP contribution in [0.2, 0.25) is 5.02 Å². The van der Waals surface area contributed by atoms with Crippen LogP contribution >= 0.6 is 11.6 Å². The van der Waals surface area contributed by atoms with Crippen molar-refractivity contribution in [2.75, 3.05) is 12.0 Å². The molecule has 0 unspecified atom stereocenters. The summed E-state index contributed by atoms with van der Waals surface area (Å²) in [4.78, 5) is 7.36. The van der Waals surface area contributed by atoms with Crippen LogP contribution in [0.25, 0.3) is 16.8 Å². The van der Waals surface area contributed by atoms with E-state index in [9.17, 15) is 4.39 Å². The molecule has 2 aliphatic rings. The number of anilines is 1. The molecule has 0 atom stereocenters. The molecule has 6 nitrogen and oxygen atoms in total. The summed E-state index contributed by atoms with van der Waals surface area (Å²) in [5.41, 5.74) is 6.42. The van der Waals surface area contributed by atoms with E-state index in [-0.39, 0.29) is 5.82 Å². The summed E-state index contributed by atoms with van der Waals surface area (Å²) in [6, 6.07) is 12.8. The summed E-state index contributed by atoms with van der Waals surface area (Å²) in [6.45, 7) is 3.61. The summed E-state index contributed by atoms with van der Waals surface area (Å²) in [5, 5.41) is 5.53. The minimum absolute atomic E-state index is 0.231. The van der Waals surface area contributed by atoms with Crippen LogP contribution in [0, 0.1) is 12.7 Å². The van der Waals surface area contributed by atoms with Crippen molar-refractivity contribution in [1.82, 2.24) is 14.6 Å². The first kappa shape index (κ1) is 21.4. The number of rotatable bonds is 6. The number of ether oxygens (including phenoxy) is 2. The molecule has 0 bridgehead atoms. The van der Waals surface area contributed by atoms with Gasteiger partial charge in [-0.05, 0) is 55.7 Å². The minimum atomic E-state index is -0.231. The fourth-order valence-electron chi connectivity index (χ4n) is 4.72. The second-order valence-electron chi connectivity index (χ2n) is 8.88. The molecule has 2 aromatic carbocycles. The van der Waals surface area contributed by atoms with Crippen molar-refractivity contribution in [3.8, 4) is 16.9 Å². The third kappa shape index (κ3) is 3.60. The van der Waals surface area contributed by atoms with Gasteiger partial charge in [0.2, 0.25) is 0 Å². The zero-order chi connectivity index (χ0) is 23.4. The van der Waals surface area contributed by atoms with E-state index in [2.05, 4.69) is 4.90 Å². The van der Waals surface area contributed by atoms with Crippen LogP contribution in [0.15, 0.2) is 42.5 Å². The van der Waals surface area contributed by atoms with Gasteiger partial charge in [0.15, 0.2) is 5.65 Å². The van der Waals surface area contributed by atoms with E-state index in [1.54, 1.807) is 7.11 Å². The Morgan fingerprint density at radius 3 is 2.68 bits per heavy atom. The summed E-state index contributed by atoms with van der Waals surface area (Å²) < 4.78 is 26.6. The third-order valence-electron chi connectivity index (χ3n) is 6.55. The molecule has 0 radical (unpaired) electrons. The van der Waals surface area contributed by atoms with Crippen LogP contribution in [0.4, 0.5) is 10.2 Å². The van der Waals surface area contributed by atoms with Gasteiger partial charge in [0, 0.05) is 23.7 Å². The largest absolute Gasteiger partial charge is 0.497 e. The summed E-state index contributed by atoms with van der Waals surface area (Å²) in [6.07, 6.45) is 2.22. The SMILES string of the molecule is COc1ccc(-c2c(C)nn3c(N(Cc4ccc(F)cc4)C4CC4)c4c(nc23)COC4)c(Cl)c1. The molecule has 6 rings (SSSR count). The van der Waals surface area contributed by atoms with E-state index < -0.39 is 0 Å². The van der Waals surface area contributed by atoms with Crippen LogP contribution in [0.3, 0.4) is 0 Å². The van der Waals surface area contributed by atoms with Crippen molar-refractivity contribution >= 4 is 23.1 Å². The Hall–Kier alpha value is -3.16. The van der Waals surface area contributed by atoms with Crippen LogP contribution in [-0.4, -0.2) is 27.7 Å². The quantitative estimate of drug-likeness (QED) is 0.355. The number of hydrogen-bond donors (Lipinski definition) is 0. The molecule has 174 valence electrons. The Bertz CT molecular complexity index is 1400. The summed E-state index contributed by atoms with van der Waals surface area (Å²) in [5.74, 6) is 1.47. The van der Waals surface area contributed by atoms with Crippen molar-refractivity contribution in [1.29, 1.82) is 0 Å². The Morgan fingerprint density at radius 1 is 1.18 bits per heavy atom. The van der Waals surface area contributed by atoms with E-state index in [0.29, 0.717) is 36.6 Å². The van der Waals surface area contributed by atoms with Crippen LogP contribution < -0.4 is 9.64 Å². The molecule has 0 saturated heterocycles. The smallest absolute Gasteiger partial charge is 0.165 e. The molecular weight excluding hydrogens is 455 g/mol. The summed E-state index contributed by atoms with van der Waals surface area (Å²) in [7, 11) is 1.62. The van der Waals surface area contributed by atoms with Crippen LogP contribution in [0.1, 0.15) is 35.4 Å². The van der Waals surface area contributed by atoms with Gasteiger partial charge in [-0.25, -0.2) is 9.37 Å². The highest BCUT2D eigenvalue weighted by Crippen LogP contribution is 2.41. The lowest BCUT2D eigenvalue weighted by atomic mass is 10.1. The van der Waals surface area contributed by atoms with Gasteiger partial charge in [-0.1, -0.05) is 23.7 Å². The number of halogens is 2. The van der Waals surface area contributed by atoms with Crippen molar-refractivity contribution < 1.29 is 13.9 Å². The Kier molecular flexibility index (Phi) is 5.19. The average Bonchev–Trinajstić information content (AvgIpc) is 3.48. The molecule has 1 aliphatic heterocycles. The normalized spacial score (nSPS) is 15.1. The molecule has 0 spiro atoms. The van der Waals surface area contributed by atoms with Crippen molar-refractivity contribution in [2.45, 2.75) is 45.6 Å². The number of hydrogen-bond acceptors (Lipinski definition) is 5. The maximum Gasteiger partial charge on any atom is 0.165 e. The van der Waals surface area contributed by atoms with E-state index in [0.717, 1.165) is 57.9 Å². The number of nitrogens with zero attached hydrogens (tertiary/aromatic N) is 4. The molecule has 4 aromatic rings. The van der Waals surface area contributed by atoms with Gasteiger partial charge in [-0.15, -0.1) is 0 Å². The minimum Gasteiger partial charge on any atom is -0.497 e. The lowest BCUT2D eigenvalue weighted by molar-refractivity contribution is 0.133. The first-order valence-electron chi connectivity index (χ1n) is 11.4. The Morgan fingerprint density at radius 2 is 1.97 bits per heavy atom. The van der Waals surface area contributed by atoms with Gasteiger partial charge >= 0.3 is 0 Å². The molecular formula is C26H24ClFN4O2. The topological polar surface area (TPSA) is 51.9 Å². The van der Waals surface area contributed by atoms with Gasteiger partial charge in [0.1, 0.15) is 17.4 Å². The first-order valence-corrected chi connectivity index (χ1v) is 11.7. The van der Waals surface area contributed by atoms with Gasteiger partial charge in [0.25, 0.3) is 0 Å². The predicted molar refractivity (Wildman–Crippen MR) is 129 cm³/mol. The molecule has 34 heavy (non-hydrogen) atoms. The van der Waals surface area contributed by atoms with Gasteiger partial charge in [0.05, 0.1) is 42.3 Å². The number of methoxy groups -OCH3 is 1. The van der Waals surface area contributed by atoms with E-state index in [1.165, 1.54) is 12.1 Å². The van der Waals surface area contributed by atoms with Crippen LogP contribution in [0.5, 0.6) is 5.75 Å². The van der Waals surface area contributed by atoms with Crippen molar-refractivity contribution in [3.05, 3.63) is 75.8 Å². The van der Waals surface area contributed by atoms with E-state index in [1.807, 2.05) is 41.8 Å². The Balaban J connectivity index is 1.54. The van der Waals surface area contributed by atoms with Gasteiger partial charge in [-0.3, -0.25) is 0 Å². The van der Waals surface area contributed by atoms with E-state index in [4.69, 9.17) is 31.2 Å². The highest BCUT2D eigenvalue weighted by molar-refractivity contribution is 6.33. The maximum atomic E-state index is 13.5. The zero-order valence-electron chi connectivity index (χ0n) is 19.0. The number of benzene rings is 2. The molecule has 3 heterocycles. The average molecular weight is 479 g/mol. The Labute approximate surface area is 201 Å².